The largest absolute Gasteiger partial charge is 0.342 e. The number of hydrogen-bond acceptors (Lipinski definition) is 3. The van der Waals surface area contributed by atoms with Crippen molar-refractivity contribution >= 4 is 44.0 Å². The molecule has 0 aliphatic heterocycles. The predicted molar refractivity (Wildman–Crippen MR) is 148 cm³/mol. The molecule has 176 valence electrons. The molecule has 2 aromatic heterocycles. The number of para-hydroxylation sites is 1. The molecule has 0 fully saturated rings. The first-order valence-corrected chi connectivity index (χ1v) is 12.7. The van der Waals surface area contributed by atoms with E-state index in [4.69, 9.17) is 4.98 Å². The summed E-state index contributed by atoms with van der Waals surface area (Å²) in [6.07, 6.45) is 6.56. The van der Waals surface area contributed by atoms with Crippen molar-refractivity contribution < 1.29 is 0 Å². The van der Waals surface area contributed by atoms with E-state index in [2.05, 4.69) is 82.0 Å². The summed E-state index contributed by atoms with van der Waals surface area (Å²) in [6.45, 7) is 5.00. The molecular formula is C29H27BrN4O. The van der Waals surface area contributed by atoms with Crippen molar-refractivity contribution in [3.05, 3.63) is 110 Å². The summed E-state index contributed by atoms with van der Waals surface area (Å²) in [7, 11) is 0. The summed E-state index contributed by atoms with van der Waals surface area (Å²) in [5, 5.41) is 6.33. The minimum Gasteiger partial charge on any atom is -0.342 e. The SMILES string of the molecule is CCCCc1nc2ccc(Br)cc2c(=O)n1N=Cc1cn(Cc2ccc(C)cc2)c2ccccc12. The van der Waals surface area contributed by atoms with E-state index < -0.39 is 0 Å². The third-order valence-electron chi connectivity index (χ3n) is 6.23. The monoisotopic (exact) mass is 526 g/mol. The highest BCUT2D eigenvalue weighted by molar-refractivity contribution is 9.10. The predicted octanol–water partition coefficient (Wildman–Crippen LogP) is 6.70. The van der Waals surface area contributed by atoms with E-state index in [1.807, 2.05) is 30.3 Å². The standard InChI is InChI=1S/C29H27BrN4O/c1-3-4-9-28-32-26-15-14-23(30)16-25(26)29(35)34(28)31-17-22-19-33(27-8-6-5-7-24(22)27)18-21-12-10-20(2)11-13-21/h5-8,10-17,19H,3-4,9,18H2,1-2H3. The number of aromatic nitrogens is 3. The third-order valence-corrected chi connectivity index (χ3v) is 6.73. The number of nitrogens with zero attached hydrogens (tertiary/aromatic N) is 4. The molecule has 0 N–H and O–H groups in total. The molecule has 6 heteroatoms. The first kappa shape index (κ1) is 23.2. The Kier molecular flexibility index (Phi) is 6.64. The molecule has 0 saturated heterocycles. The molecule has 35 heavy (non-hydrogen) atoms. The van der Waals surface area contributed by atoms with E-state index in [9.17, 15) is 4.79 Å². The summed E-state index contributed by atoms with van der Waals surface area (Å²) in [5.41, 5.74) is 5.14. The molecule has 0 aliphatic carbocycles. The van der Waals surface area contributed by atoms with Gasteiger partial charge in [0.15, 0.2) is 0 Å². The molecule has 5 rings (SSSR count). The van der Waals surface area contributed by atoms with Crippen LogP contribution in [0.15, 0.2) is 87.3 Å². The molecule has 0 radical (unpaired) electrons. The van der Waals surface area contributed by atoms with E-state index >= 15 is 0 Å². The normalized spacial score (nSPS) is 11.7. The van der Waals surface area contributed by atoms with Gasteiger partial charge in [-0.05, 0) is 43.2 Å². The quantitative estimate of drug-likeness (QED) is 0.221. The molecule has 0 unspecified atom stereocenters. The zero-order valence-electron chi connectivity index (χ0n) is 19.9. The first-order valence-electron chi connectivity index (χ1n) is 11.9. The summed E-state index contributed by atoms with van der Waals surface area (Å²) in [5.74, 6) is 0.686. The average molecular weight is 527 g/mol. The maximum Gasteiger partial charge on any atom is 0.282 e. The first-order chi connectivity index (χ1) is 17.0. The Morgan fingerprint density at radius 3 is 2.63 bits per heavy atom. The van der Waals surface area contributed by atoms with Crippen molar-refractivity contribution in [1.82, 2.24) is 14.2 Å². The van der Waals surface area contributed by atoms with Crippen LogP contribution in [0.1, 0.15) is 42.3 Å². The van der Waals surface area contributed by atoms with E-state index in [-0.39, 0.29) is 5.56 Å². The number of hydrogen-bond donors (Lipinski definition) is 0. The highest BCUT2D eigenvalue weighted by Crippen LogP contribution is 2.22. The Labute approximate surface area is 212 Å². The molecule has 3 aromatic carbocycles. The highest BCUT2D eigenvalue weighted by Gasteiger charge is 2.12. The van der Waals surface area contributed by atoms with Crippen LogP contribution >= 0.6 is 15.9 Å². The number of fused-ring (bicyclic) bond motifs is 2. The van der Waals surface area contributed by atoms with E-state index in [1.54, 1.807) is 6.21 Å². The fraction of sp³-hybridized carbons (Fsp3) is 0.207. The maximum atomic E-state index is 13.4. The summed E-state index contributed by atoms with van der Waals surface area (Å²) < 4.78 is 4.55. The van der Waals surface area contributed by atoms with Gasteiger partial charge in [-0.15, -0.1) is 0 Å². The van der Waals surface area contributed by atoms with E-state index in [0.717, 1.165) is 40.3 Å². The van der Waals surface area contributed by atoms with Crippen LogP contribution in [0.4, 0.5) is 0 Å². The highest BCUT2D eigenvalue weighted by atomic mass is 79.9. The topological polar surface area (TPSA) is 52.2 Å². The summed E-state index contributed by atoms with van der Waals surface area (Å²) >= 11 is 3.47. The zero-order chi connectivity index (χ0) is 24.4. The van der Waals surface area contributed by atoms with Gasteiger partial charge in [0.25, 0.3) is 5.56 Å². The lowest BCUT2D eigenvalue weighted by atomic mass is 10.1. The van der Waals surface area contributed by atoms with E-state index in [0.29, 0.717) is 23.1 Å². The average Bonchev–Trinajstić information content (AvgIpc) is 3.21. The van der Waals surface area contributed by atoms with Gasteiger partial charge >= 0.3 is 0 Å². The van der Waals surface area contributed by atoms with Crippen LogP contribution in [0.25, 0.3) is 21.8 Å². The van der Waals surface area contributed by atoms with Gasteiger partial charge in [-0.1, -0.05) is 77.3 Å². The fourth-order valence-electron chi connectivity index (χ4n) is 4.33. The Hall–Kier alpha value is -3.51. The van der Waals surface area contributed by atoms with Crippen LogP contribution in [0.5, 0.6) is 0 Å². The molecule has 0 atom stereocenters. The van der Waals surface area contributed by atoms with Crippen LogP contribution < -0.4 is 5.56 Å². The Morgan fingerprint density at radius 2 is 1.83 bits per heavy atom. The lowest BCUT2D eigenvalue weighted by Gasteiger charge is -2.09. The molecule has 5 aromatic rings. The second-order valence-corrected chi connectivity index (χ2v) is 9.79. The molecule has 0 aliphatic rings. The lowest BCUT2D eigenvalue weighted by molar-refractivity contribution is 0.675. The van der Waals surface area contributed by atoms with Crippen molar-refractivity contribution in [3.63, 3.8) is 0 Å². The third kappa shape index (κ3) is 4.84. The zero-order valence-corrected chi connectivity index (χ0v) is 21.5. The maximum absolute atomic E-state index is 13.4. The smallest absolute Gasteiger partial charge is 0.282 e. The Balaban J connectivity index is 1.59. The van der Waals surface area contributed by atoms with Gasteiger partial charge in [-0.2, -0.15) is 9.78 Å². The van der Waals surface area contributed by atoms with Gasteiger partial charge < -0.3 is 4.57 Å². The molecule has 0 saturated carbocycles. The van der Waals surface area contributed by atoms with Gasteiger partial charge in [-0.3, -0.25) is 4.79 Å². The van der Waals surface area contributed by atoms with Crippen LogP contribution in [0.2, 0.25) is 0 Å². The molecular weight excluding hydrogens is 500 g/mol. The van der Waals surface area contributed by atoms with Crippen LogP contribution in [-0.2, 0) is 13.0 Å². The van der Waals surface area contributed by atoms with Gasteiger partial charge in [0.1, 0.15) is 5.82 Å². The summed E-state index contributed by atoms with van der Waals surface area (Å²) in [6, 6.07) is 22.5. The minimum absolute atomic E-state index is 0.151. The number of benzene rings is 3. The Morgan fingerprint density at radius 1 is 1.03 bits per heavy atom. The lowest BCUT2D eigenvalue weighted by Crippen LogP contribution is -2.22. The second-order valence-electron chi connectivity index (χ2n) is 8.87. The van der Waals surface area contributed by atoms with Crippen LogP contribution in [0, 0.1) is 6.92 Å². The molecule has 5 nitrogen and oxygen atoms in total. The molecule has 0 spiro atoms. The number of halogens is 1. The van der Waals surface area contributed by atoms with Crippen LogP contribution in [0.3, 0.4) is 0 Å². The van der Waals surface area contributed by atoms with Gasteiger partial charge in [0.05, 0.1) is 17.1 Å². The second kappa shape index (κ2) is 10.0. The van der Waals surface area contributed by atoms with Crippen molar-refractivity contribution in [1.29, 1.82) is 0 Å². The van der Waals surface area contributed by atoms with E-state index in [1.165, 1.54) is 15.8 Å². The van der Waals surface area contributed by atoms with Crippen molar-refractivity contribution in [2.75, 3.05) is 0 Å². The van der Waals surface area contributed by atoms with Gasteiger partial charge in [-0.25, -0.2) is 4.98 Å². The summed E-state index contributed by atoms with van der Waals surface area (Å²) in [4.78, 5) is 18.2. The minimum atomic E-state index is -0.151. The van der Waals surface area contributed by atoms with Crippen molar-refractivity contribution in [2.24, 2.45) is 5.10 Å². The van der Waals surface area contributed by atoms with Crippen molar-refractivity contribution in [3.8, 4) is 0 Å². The molecule has 0 bridgehead atoms. The van der Waals surface area contributed by atoms with Gasteiger partial charge in [0, 0.05) is 40.1 Å². The molecule has 0 amide bonds. The van der Waals surface area contributed by atoms with Gasteiger partial charge in [0.2, 0.25) is 0 Å². The number of unbranched alkanes of at least 4 members (excludes halogenated alkanes) is 1. The molecule has 2 heterocycles. The van der Waals surface area contributed by atoms with Crippen molar-refractivity contribution in [2.45, 2.75) is 39.7 Å². The number of aryl methyl sites for hydroxylation is 2. The fourth-order valence-corrected chi connectivity index (χ4v) is 4.69. The van der Waals surface area contributed by atoms with Crippen LogP contribution in [-0.4, -0.2) is 20.4 Å². The number of rotatable bonds is 7. The Bertz CT molecular complexity index is 1600.